The molecule has 31 heavy (non-hydrogen) atoms. The van der Waals surface area contributed by atoms with E-state index in [0.717, 1.165) is 22.6 Å². The van der Waals surface area contributed by atoms with Gasteiger partial charge in [0.25, 0.3) is 10.0 Å². The van der Waals surface area contributed by atoms with Crippen LogP contribution in [0.1, 0.15) is 43.0 Å². The average molecular weight is 489 g/mol. The van der Waals surface area contributed by atoms with Crippen molar-refractivity contribution in [2.75, 3.05) is 23.7 Å². The molecule has 0 radical (unpaired) electrons. The topological polar surface area (TPSA) is 132 Å². The number of hydrogen-bond donors (Lipinski definition) is 4. The Bertz CT molecular complexity index is 1130. The molecule has 3 rings (SSSR count). The molecule has 0 aliphatic rings. The zero-order valence-electron chi connectivity index (χ0n) is 17.6. The normalized spacial score (nSPS) is 12.9. The van der Waals surface area contributed by atoms with Gasteiger partial charge in [0.05, 0.1) is 6.04 Å². The Labute approximate surface area is 188 Å². The molecule has 0 aromatic carbocycles. The van der Waals surface area contributed by atoms with Gasteiger partial charge < -0.3 is 15.6 Å². The molecule has 0 bridgehead atoms. The molecule has 0 saturated heterocycles. The Morgan fingerprint density at radius 2 is 2.00 bits per heavy atom. The van der Waals surface area contributed by atoms with Gasteiger partial charge in [-0.2, -0.15) is 4.31 Å². The summed E-state index contributed by atoms with van der Waals surface area (Å²) in [6, 6.07) is 3.98. The standard InChI is InChI=1S/C18H25N5O5S3/c1-5-12(14-9-8-11(4)30-14)19-16-17(23(25)28-21-16)20-13-10-29-18(15(13)24)31(26,27)22(6-2)7-3/h8-10,12,25H,5-7H2,1-4H3,(H2,19,21,24)/p+1/t12-/m1/s1. The van der Waals surface area contributed by atoms with Crippen molar-refractivity contribution in [3.8, 4) is 5.75 Å². The zero-order chi connectivity index (χ0) is 22.8. The molecule has 10 nitrogen and oxygen atoms in total. The molecule has 170 valence electrons. The summed E-state index contributed by atoms with van der Waals surface area (Å²) in [6.45, 7) is 8.07. The summed E-state index contributed by atoms with van der Waals surface area (Å²) >= 11 is 2.54. The lowest BCUT2D eigenvalue weighted by molar-refractivity contribution is -1.03. The summed E-state index contributed by atoms with van der Waals surface area (Å²) in [5.41, 5.74) is 0.116. The summed E-state index contributed by atoms with van der Waals surface area (Å²) in [7, 11) is -3.83. The maximum Gasteiger partial charge on any atom is 0.370 e. The molecule has 1 atom stereocenters. The molecular weight excluding hydrogens is 462 g/mol. The van der Waals surface area contributed by atoms with Gasteiger partial charge in [-0.05, 0) is 25.5 Å². The van der Waals surface area contributed by atoms with Gasteiger partial charge in [0.2, 0.25) is 0 Å². The maximum atomic E-state index is 12.8. The van der Waals surface area contributed by atoms with Crippen molar-refractivity contribution in [2.24, 2.45) is 0 Å². The molecule has 0 unspecified atom stereocenters. The summed E-state index contributed by atoms with van der Waals surface area (Å²) in [6.07, 6.45) is 0.758. The van der Waals surface area contributed by atoms with E-state index in [1.54, 1.807) is 25.2 Å². The minimum absolute atomic E-state index is 0.0339. The van der Waals surface area contributed by atoms with Crippen LogP contribution in [0, 0.1) is 6.92 Å². The van der Waals surface area contributed by atoms with Crippen molar-refractivity contribution >= 4 is 50.0 Å². The third kappa shape index (κ3) is 4.63. The van der Waals surface area contributed by atoms with Gasteiger partial charge in [-0.1, -0.05) is 25.4 Å². The summed E-state index contributed by atoms with van der Waals surface area (Å²) < 4.78 is 31.4. The first-order valence-corrected chi connectivity index (χ1v) is 12.9. The highest BCUT2D eigenvalue weighted by Crippen LogP contribution is 2.41. The van der Waals surface area contributed by atoms with Crippen molar-refractivity contribution in [2.45, 2.75) is 44.4 Å². The van der Waals surface area contributed by atoms with E-state index < -0.39 is 15.8 Å². The van der Waals surface area contributed by atoms with E-state index >= 15 is 0 Å². The zero-order valence-corrected chi connectivity index (χ0v) is 20.1. The molecular formula is C18H26N5O5S3+. The number of nitrogens with one attached hydrogen (secondary N) is 2. The Morgan fingerprint density at radius 3 is 2.58 bits per heavy atom. The van der Waals surface area contributed by atoms with Crippen LogP contribution in [0.3, 0.4) is 0 Å². The lowest BCUT2D eigenvalue weighted by Gasteiger charge is -2.17. The first-order valence-electron chi connectivity index (χ1n) is 9.74. The van der Waals surface area contributed by atoms with Crippen molar-refractivity contribution in [1.82, 2.24) is 9.46 Å². The molecule has 0 saturated carbocycles. The minimum atomic E-state index is -3.83. The predicted molar refractivity (Wildman–Crippen MR) is 119 cm³/mol. The molecule has 4 N–H and O–H groups in total. The van der Waals surface area contributed by atoms with E-state index in [1.165, 1.54) is 14.6 Å². The van der Waals surface area contributed by atoms with Crippen LogP contribution in [0.4, 0.5) is 17.3 Å². The second kappa shape index (κ2) is 9.42. The highest BCUT2D eigenvalue weighted by Gasteiger charge is 2.32. The predicted octanol–water partition coefficient (Wildman–Crippen LogP) is 3.67. The van der Waals surface area contributed by atoms with E-state index in [-0.39, 0.29) is 40.7 Å². The average Bonchev–Trinajstić information content (AvgIpc) is 3.42. The fourth-order valence-electron chi connectivity index (χ4n) is 3.05. The molecule has 0 aliphatic heterocycles. The van der Waals surface area contributed by atoms with Crippen LogP contribution in [0.15, 0.2) is 26.4 Å². The first-order chi connectivity index (χ1) is 14.7. The van der Waals surface area contributed by atoms with Crippen LogP contribution in [-0.4, -0.2) is 41.3 Å². The maximum absolute atomic E-state index is 12.8. The number of hydrogen-bond acceptors (Lipinski definition) is 10. The number of sulfonamides is 1. The van der Waals surface area contributed by atoms with Crippen molar-refractivity contribution in [3.63, 3.8) is 0 Å². The lowest BCUT2D eigenvalue weighted by atomic mass is 10.2. The number of anilines is 3. The smallest absolute Gasteiger partial charge is 0.370 e. The van der Waals surface area contributed by atoms with Gasteiger partial charge in [-0.3, -0.25) is 5.32 Å². The van der Waals surface area contributed by atoms with E-state index in [0.29, 0.717) is 4.90 Å². The minimum Gasteiger partial charge on any atom is -0.503 e. The van der Waals surface area contributed by atoms with Gasteiger partial charge >= 0.3 is 11.6 Å². The van der Waals surface area contributed by atoms with Crippen LogP contribution < -0.4 is 15.5 Å². The van der Waals surface area contributed by atoms with Crippen LogP contribution in [0.25, 0.3) is 0 Å². The van der Waals surface area contributed by atoms with E-state index in [2.05, 4.69) is 15.8 Å². The number of thiophene rings is 2. The number of aryl methyl sites for hydroxylation is 1. The SMILES string of the molecule is CC[C@@H](Nc1no[n+](O)c1Nc1csc(S(=O)(=O)N(CC)CC)c1O)c1ccc(C)s1. The van der Waals surface area contributed by atoms with Crippen LogP contribution in [0.5, 0.6) is 5.75 Å². The highest BCUT2D eigenvalue weighted by molar-refractivity contribution is 7.91. The Hall–Kier alpha value is -2.35. The van der Waals surface area contributed by atoms with E-state index in [4.69, 9.17) is 4.63 Å². The van der Waals surface area contributed by atoms with Crippen LogP contribution in [-0.2, 0) is 10.0 Å². The summed E-state index contributed by atoms with van der Waals surface area (Å²) in [5.74, 6) is -0.171. The fourth-order valence-corrected chi connectivity index (χ4v) is 6.89. The van der Waals surface area contributed by atoms with Gasteiger partial charge in [-0.15, -0.1) is 22.7 Å². The van der Waals surface area contributed by atoms with E-state index in [1.807, 2.05) is 26.0 Å². The summed E-state index contributed by atoms with van der Waals surface area (Å²) in [4.78, 5) is 2.70. The van der Waals surface area contributed by atoms with Gasteiger partial charge in [0.1, 0.15) is 10.1 Å². The number of rotatable bonds is 10. The third-order valence-corrected chi connectivity index (χ3v) is 9.37. The molecule has 3 heterocycles. The summed E-state index contributed by atoms with van der Waals surface area (Å²) in [5, 5.41) is 32.0. The van der Waals surface area contributed by atoms with E-state index in [9.17, 15) is 18.7 Å². The van der Waals surface area contributed by atoms with Gasteiger partial charge in [0.15, 0.2) is 15.6 Å². The number of nitrogens with zero attached hydrogens (tertiary/aromatic N) is 3. The number of aromatic nitrogens is 2. The van der Waals surface area contributed by atoms with Gasteiger partial charge in [-0.25, -0.2) is 8.42 Å². The monoisotopic (exact) mass is 488 g/mol. The first kappa shape index (κ1) is 23.3. The second-order valence-corrected chi connectivity index (χ2v) is 11.0. The fraction of sp³-hybridized carbons (Fsp3) is 0.444. The molecule has 0 amide bonds. The van der Waals surface area contributed by atoms with Gasteiger partial charge in [0, 0.05) is 28.2 Å². The lowest BCUT2D eigenvalue weighted by Crippen LogP contribution is -2.30. The van der Waals surface area contributed by atoms with Crippen molar-refractivity contribution in [3.05, 3.63) is 27.3 Å². The quantitative estimate of drug-likeness (QED) is 0.318. The molecule has 13 heteroatoms. The molecule has 3 aromatic rings. The highest BCUT2D eigenvalue weighted by atomic mass is 32.2. The van der Waals surface area contributed by atoms with Crippen molar-refractivity contribution in [1.29, 1.82) is 0 Å². The van der Waals surface area contributed by atoms with Crippen LogP contribution >= 0.6 is 22.7 Å². The molecule has 0 aliphatic carbocycles. The Morgan fingerprint density at radius 1 is 1.29 bits per heavy atom. The Kier molecular flexibility index (Phi) is 7.09. The second-order valence-electron chi connectivity index (χ2n) is 6.70. The van der Waals surface area contributed by atoms with Crippen LogP contribution in [0.2, 0.25) is 0 Å². The molecule has 3 aromatic heterocycles. The number of aromatic hydroxyl groups is 1. The Balaban J connectivity index is 1.88. The van der Waals surface area contributed by atoms with Crippen molar-refractivity contribution < 1.29 is 28.3 Å². The largest absolute Gasteiger partial charge is 0.503 e. The third-order valence-electron chi connectivity index (χ3n) is 4.71. The molecule has 0 spiro atoms. The molecule has 0 fully saturated rings.